The molecule has 0 aromatic heterocycles. The van der Waals surface area contributed by atoms with Crippen molar-refractivity contribution in [3.05, 3.63) is 33.8 Å². The lowest BCUT2D eigenvalue weighted by Crippen LogP contribution is -2.18. The lowest BCUT2D eigenvalue weighted by Gasteiger charge is -2.22. The summed E-state index contributed by atoms with van der Waals surface area (Å²) in [5.41, 5.74) is 2.98. The van der Waals surface area contributed by atoms with Gasteiger partial charge < -0.3 is 4.90 Å². The van der Waals surface area contributed by atoms with Gasteiger partial charge in [-0.15, -0.1) is 0 Å². The molecule has 0 fully saturated rings. The van der Waals surface area contributed by atoms with Crippen molar-refractivity contribution in [2.45, 2.75) is 39.7 Å². The van der Waals surface area contributed by atoms with E-state index < -0.39 is 0 Å². The van der Waals surface area contributed by atoms with Crippen molar-refractivity contribution in [2.75, 3.05) is 13.6 Å². The molecule has 2 heteroatoms. The van der Waals surface area contributed by atoms with Crippen LogP contribution in [0, 0.1) is 0 Å². The zero-order valence-corrected chi connectivity index (χ0v) is 12.6. The van der Waals surface area contributed by atoms with Gasteiger partial charge in [0.15, 0.2) is 0 Å². The molecular weight excluding hydrogens is 262 g/mol. The van der Waals surface area contributed by atoms with E-state index in [4.69, 9.17) is 0 Å². The van der Waals surface area contributed by atoms with Crippen molar-refractivity contribution in [1.29, 1.82) is 0 Å². The summed E-state index contributed by atoms with van der Waals surface area (Å²) in [6.07, 6.45) is 0. The van der Waals surface area contributed by atoms with Crippen LogP contribution in [0.5, 0.6) is 0 Å². The first-order valence-corrected chi connectivity index (χ1v) is 6.60. The second kappa shape index (κ2) is 5.33. The van der Waals surface area contributed by atoms with Gasteiger partial charge in [0.1, 0.15) is 0 Å². The molecule has 0 aliphatic rings. The summed E-state index contributed by atoms with van der Waals surface area (Å²) in [7, 11) is 2.15. The molecule has 0 unspecified atom stereocenters. The second-order valence-corrected chi connectivity index (χ2v) is 6.34. The lowest BCUT2D eigenvalue weighted by atomic mass is 9.86. The van der Waals surface area contributed by atoms with Gasteiger partial charge >= 0.3 is 0 Å². The highest BCUT2D eigenvalue weighted by molar-refractivity contribution is 9.10. The van der Waals surface area contributed by atoms with E-state index in [2.05, 4.69) is 73.8 Å². The van der Waals surface area contributed by atoms with Crippen LogP contribution in [0.25, 0.3) is 0 Å². The summed E-state index contributed by atoms with van der Waals surface area (Å²) in [4.78, 5) is 2.31. The Morgan fingerprint density at radius 3 is 2.31 bits per heavy atom. The van der Waals surface area contributed by atoms with Gasteiger partial charge in [-0.1, -0.05) is 49.7 Å². The Bertz CT molecular complexity index is 352. The molecular formula is C14H22BrN. The van der Waals surface area contributed by atoms with Gasteiger partial charge in [-0.2, -0.15) is 0 Å². The van der Waals surface area contributed by atoms with Crippen LogP contribution in [0.2, 0.25) is 0 Å². The van der Waals surface area contributed by atoms with Gasteiger partial charge in [-0.25, -0.2) is 0 Å². The average molecular weight is 284 g/mol. The van der Waals surface area contributed by atoms with Gasteiger partial charge in [0, 0.05) is 11.0 Å². The first kappa shape index (κ1) is 13.7. The van der Waals surface area contributed by atoms with Crippen LogP contribution < -0.4 is 0 Å². The monoisotopic (exact) mass is 283 g/mol. The molecule has 0 saturated heterocycles. The molecule has 0 N–H and O–H groups in total. The first-order valence-electron chi connectivity index (χ1n) is 5.81. The van der Waals surface area contributed by atoms with Crippen LogP contribution in [-0.2, 0) is 12.0 Å². The van der Waals surface area contributed by atoms with Crippen LogP contribution in [0.1, 0.15) is 38.8 Å². The van der Waals surface area contributed by atoms with E-state index in [1.807, 2.05) is 0 Å². The summed E-state index contributed by atoms with van der Waals surface area (Å²) in [6.45, 7) is 11.0. The van der Waals surface area contributed by atoms with Crippen LogP contribution in [0.3, 0.4) is 0 Å². The van der Waals surface area contributed by atoms with Gasteiger partial charge in [0.05, 0.1) is 0 Å². The SMILES string of the molecule is CCN(C)Cc1cc(Br)cc(C(C)(C)C)c1. The van der Waals surface area contributed by atoms with Gasteiger partial charge in [-0.3, -0.25) is 0 Å². The number of hydrogen-bond donors (Lipinski definition) is 0. The van der Waals surface area contributed by atoms with Crippen molar-refractivity contribution in [3.63, 3.8) is 0 Å². The van der Waals surface area contributed by atoms with E-state index >= 15 is 0 Å². The molecule has 0 radical (unpaired) electrons. The van der Waals surface area contributed by atoms with Crippen molar-refractivity contribution in [2.24, 2.45) is 0 Å². The maximum atomic E-state index is 3.60. The predicted molar refractivity (Wildman–Crippen MR) is 74.9 cm³/mol. The molecule has 0 aliphatic heterocycles. The van der Waals surface area contributed by atoms with Crippen LogP contribution in [0.4, 0.5) is 0 Å². The molecule has 0 saturated carbocycles. The Labute approximate surface area is 108 Å². The third-order valence-electron chi connectivity index (χ3n) is 2.82. The van der Waals surface area contributed by atoms with Crippen LogP contribution in [0.15, 0.2) is 22.7 Å². The summed E-state index contributed by atoms with van der Waals surface area (Å²) < 4.78 is 1.18. The quantitative estimate of drug-likeness (QED) is 0.804. The highest BCUT2D eigenvalue weighted by Gasteiger charge is 2.15. The molecule has 1 aromatic rings. The average Bonchev–Trinajstić information content (AvgIpc) is 2.15. The molecule has 16 heavy (non-hydrogen) atoms. The van der Waals surface area contributed by atoms with Crippen LogP contribution in [-0.4, -0.2) is 18.5 Å². The zero-order chi connectivity index (χ0) is 12.3. The summed E-state index contributed by atoms with van der Waals surface area (Å²) in [5.74, 6) is 0. The fourth-order valence-corrected chi connectivity index (χ4v) is 2.14. The fraction of sp³-hybridized carbons (Fsp3) is 0.571. The lowest BCUT2D eigenvalue weighted by molar-refractivity contribution is 0.345. The Kier molecular flexibility index (Phi) is 4.57. The molecule has 90 valence electrons. The molecule has 0 heterocycles. The number of benzene rings is 1. The highest BCUT2D eigenvalue weighted by Crippen LogP contribution is 2.27. The van der Waals surface area contributed by atoms with E-state index in [0.29, 0.717) is 0 Å². The zero-order valence-electron chi connectivity index (χ0n) is 11.0. The molecule has 0 aliphatic carbocycles. The third-order valence-corrected chi connectivity index (χ3v) is 3.27. The van der Waals surface area contributed by atoms with E-state index in [1.165, 1.54) is 15.6 Å². The highest BCUT2D eigenvalue weighted by atomic mass is 79.9. The molecule has 1 rings (SSSR count). The Morgan fingerprint density at radius 1 is 1.19 bits per heavy atom. The summed E-state index contributed by atoms with van der Waals surface area (Å²) in [6, 6.07) is 6.74. The smallest absolute Gasteiger partial charge is 0.0231 e. The van der Waals surface area contributed by atoms with Gasteiger partial charge in [0.25, 0.3) is 0 Å². The maximum Gasteiger partial charge on any atom is 0.0231 e. The minimum Gasteiger partial charge on any atom is -0.302 e. The Balaban J connectivity index is 2.99. The fourth-order valence-electron chi connectivity index (χ4n) is 1.60. The molecule has 1 nitrogen and oxygen atoms in total. The molecule has 0 amide bonds. The number of nitrogens with zero attached hydrogens (tertiary/aromatic N) is 1. The largest absolute Gasteiger partial charge is 0.302 e. The van der Waals surface area contributed by atoms with E-state index in [-0.39, 0.29) is 5.41 Å². The minimum atomic E-state index is 0.212. The predicted octanol–water partition coefficient (Wildman–Crippen LogP) is 4.20. The molecule has 0 atom stereocenters. The maximum absolute atomic E-state index is 3.60. The van der Waals surface area contributed by atoms with Crippen molar-refractivity contribution in [3.8, 4) is 0 Å². The number of rotatable bonds is 3. The Hall–Kier alpha value is -0.340. The Morgan fingerprint density at radius 2 is 1.81 bits per heavy atom. The standard InChI is InChI=1S/C14H22BrN/c1-6-16(5)10-11-7-12(14(2,3)4)9-13(15)8-11/h7-9H,6,10H2,1-5H3. The summed E-state index contributed by atoms with van der Waals surface area (Å²) in [5, 5.41) is 0. The third kappa shape index (κ3) is 3.91. The normalized spacial score (nSPS) is 12.2. The summed E-state index contributed by atoms with van der Waals surface area (Å²) >= 11 is 3.60. The van der Waals surface area contributed by atoms with E-state index in [1.54, 1.807) is 0 Å². The topological polar surface area (TPSA) is 3.24 Å². The van der Waals surface area contributed by atoms with Crippen molar-refractivity contribution >= 4 is 15.9 Å². The van der Waals surface area contributed by atoms with Crippen LogP contribution >= 0.6 is 15.9 Å². The van der Waals surface area contributed by atoms with Gasteiger partial charge in [-0.05, 0) is 42.3 Å². The van der Waals surface area contributed by atoms with E-state index in [9.17, 15) is 0 Å². The molecule has 1 aromatic carbocycles. The minimum absolute atomic E-state index is 0.212. The molecule has 0 spiro atoms. The van der Waals surface area contributed by atoms with E-state index in [0.717, 1.165) is 13.1 Å². The van der Waals surface area contributed by atoms with Crippen molar-refractivity contribution < 1.29 is 0 Å². The first-order chi connectivity index (χ1) is 7.32. The van der Waals surface area contributed by atoms with Gasteiger partial charge in [0.2, 0.25) is 0 Å². The number of hydrogen-bond acceptors (Lipinski definition) is 1. The van der Waals surface area contributed by atoms with Crippen molar-refractivity contribution in [1.82, 2.24) is 4.90 Å². The molecule has 0 bridgehead atoms. The number of halogens is 1. The second-order valence-electron chi connectivity index (χ2n) is 5.43.